The summed E-state index contributed by atoms with van der Waals surface area (Å²) in [6.07, 6.45) is 9.17. The van der Waals surface area contributed by atoms with Gasteiger partial charge in [0.15, 0.2) is 0 Å². The van der Waals surface area contributed by atoms with Gasteiger partial charge < -0.3 is 10.1 Å². The molecule has 1 aliphatic carbocycles. The number of aryl methyl sites for hydroxylation is 1. The van der Waals surface area contributed by atoms with Crippen LogP contribution in [0.5, 0.6) is 0 Å². The molecule has 0 unspecified atom stereocenters. The van der Waals surface area contributed by atoms with Crippen molar-refractivity contribution in [3.05, 3.63) is 35.9 Å². The smallest absolute Gasteiger partial charge is 0.0591 e. The number of ether oxygens (including phenoxy) is 1. The van der Waals surface area contributed by atoms with Crippen LogP contribution >= 0.6 is 0 Å². The molecule has 1 saturated carbocycles. The van der Waals surface area contributed by atoms with Crippen molar-refractivity contribution in [2.24, 2.45) is 0 Å². The van der Waals surface area contributed by atoms with Crippen LogP contribution in [0.25, 0.3) is 0 Å². The molecule has 2 heteroatoms. The highest BCUT2D eigenvalue weighted by atomic mass is 16.5. The van der Waals surface area contributed by atoms with E-state index in [0.29, 0.717) is 0 Å². The lowest BCUT2D eigenvalue weighted by molar-refractivity contribution is 0.130. The average molecular weight is 261 g/mol. The second-order valence-electron chi connectivity index (χ2n) is 5.49. The monoisotopic (exact) mass is 261 g/mol. The van der Waals surface area contributed by atoms with Gasteiger partial charge in [-0.15, -0.1) is 0 Å². The van der Waals surface area contributed by atoms with Crippen LogP contribution in [0.1, 0.15) is 44.1 Å². The third-order valence-corrected chi connectivity index (χ3v) is 3.88. The summed E-state index contributed by atoms with van der Waals surface area (Å²) in [4.78, 5) is 0. The van der Waals surface area contributed by atoms with E-state index in [2.05, 4.69) is 35.6 Å². The summed E-state index contributed by atoms with van der Waals surface area (Å²) in [6.45, 7) is 2.74. The van der Waals surface area contributed by atoms with E-state index in [9.17, 15) is 0 Å². The Balaban J connectivity index is 1.42. The van der Waals surface area contributed by atoms with Crippen LogP contribution in [0.4, 0.5) is 0 Å². The highest BCUT2D eigenvalue weighted by molar-refractivity contribution is 5.14. The second kappa shape index (κ2) is 9.11. The first-order valence-electron chi connectivity index (χ1n) is 7.80. The van der Waals surface area contributed by atoms with Gasteiger partial charge in [-0.1, -0.05) is 49.6 Å². The molecular weight excluding hydrogens is 234 g/mol. The molecule has 0 heterocycles. The van der Waals surface area contributed by atoms with E-state index >= 15 is 0 Å². The molecule has 0 saturated heterocycles. The van der Waals surface area contributed by atoms with Gasteiger partial charge in [-0.2, -0.15) is 0 Å². The van der Waals surface area contributed by atoms with Gasteiger partial charge in [0.25, 0.3) is 0 Å². The zero-order valence-corrected chi connectivity index (χ0v) is 11.9. The molecule has 1 fully saturated rings. The molecule has 0 atom stereocenters. The summed E-state index contributed by atoms with van der Waals surface area (Å²) in [6, 6.07) is 11.4. The Bertz CT molecular complexity index is 319. The van der Waals surface area contributed by atoms with Crippen LogP contribution < -0.4 is 5.32 Å². The summed E-state index contributed by atoms with van der Waals surface area (Å²) in [5, 5.41) is 3.61. The number of hydrogen-bond acceptors (Lipinski definition) is 2. The fourth-order valence-corrected chi connectivity index (χ4v) is 2.77. The Morgan fingerprint density at radius 3 is 2.58 bits per heavy atom. The van der Waals surface area contributed by atoms with Gasteiger partial charge in [0, 0.05) is 19.2 Å². The topological polar surface area (TPSA) is 21.3 Å². The Morgan fingerprint density at radius 2 is 1.79 bits per heavy atom. The van der Waals surface area contributed by atoms with Crippen LogP contribution in [0.2, 0.25) is 0 Å². The predicted molar refractivity (Wildman–Crippen MR) is 80.5 cm³/mol. The van der Waals surface area contributed by atoms with Crippen molar-refractivity contribution >= 4 is 0 Å². The first kappa shape index (κ1) is 14.5. The third-order valence-electron chi connectivity index (χ3n) is 3.88. The van der Waals surface area contributed by atoms with Crippen molar-refractivity contribution in [2.75, 3.05) is 19.8 Å². The lowest BCUT2D eigenvalue weighted by Crippen LogP contribution is -2.33. The summed E-state index contributed by atoms with van der Waals surface area (Å²) in [7, 11) is 0. The molecule has 0 amide bonds. The highest BCUT2D eigenvalue weighted by Crippen LogP contribution is 2.16. The molecule has 1 N–H and O–H groups in total. The van der Waals surface area contributed by atoms with Gasteiger partial charge in [-0.05, 0) is 31.2 Å². The van der Waals surface area contributed by atoms with Crippen molar-refractivity contribution in [3.8, 4) is 0 Å². The molecular formula is C17H27NO. The first-order chi connectivity index (χ1) is 9.45. The quantitative estimate of drug-likeness (QED) is 0.722. The van der Waals surface area contributed by atoms with Crippen LogP contribution in [-0.4, -0.2) is 25.8 Å². The van der Waals surface area contributed by atoms with Crippen molar-refractivity contribution in [2.45, 2.75) is 51.0 Å². The van der Waals surface area contributed by atoms with Crippen LogP contribution in [0.3, 0.4) is 0 Å². The Labute approximate surface area is 117 Å². The molecule has 0 aliphatic heterocycles. The summed E-state index contributed by atoms with van der Waals surface area (Å²) in [5.74, 6) is 0. The third kappa shape index (κ3) is 6.22. The molecule has 106 valence electrons. The van der Waals surface area contributed by atoms with Crippen molar-refractivity contribution in [1.82, 2.24) is 5.32 Å². The van der Waals surface area contributed by atoms with Crippen LogP contribution in [0.15, 0.2) is 30.3 Å². The van der Waals surface area contributed by atoms with Crippen molar-refractivity contribution < 1.29 is 4.74 Å². The van der Waals surface area contributed by atoms with E-state index in [4.69, 9.17) is 4.74 Å². The molecule has 1 aromatic carbocycles. The lowest BCUT2D eigenvalue weighted by Gasteiger charge is -2.22. The maximum atomic E-state index is 5.68. The largest absolute Gasteiger partial charge is 0.380 e. The number of rotatable bonds is 8. The molecule has 0 bridgehead atoms. The number of hydrogen-bond donors (Lipinski definition) is 1. The van der Waals surface area contributed by atoms with E-state index in [1.165, 1.54) is 37.7 Å². The van der Waals surface area contributed by atoms with E-state index in [1.807, 2.05) is 0 Å². The van der Waals surface area contributed by atoms with Crippen molar-refractivity contribution in [1.29, 1.82) is 0 Å². The Kier molecular flexibility index (Phi) is 6.97. The minimum absolute atomic E-state index is 0.752. The summed E-state index contributed by atoms with van der Waals surface area (Å²) < 4.78 is 5.68. The molecule has 1 aliphatic rings. The van der Waals surface area contributed by atoms with Gasteiger partial charge in [0.05, 0.1) is 6.61 Å². The van der Waals surface area contributed by atoms with E-state index in [-0.39, 0.29) is 0 Å². The van der Waals surface area contributed by atoms with Crippen molar-refractivity contribution in [3.63, 3.8) is 0 Å². The van der Waals surface area contributed by atoms with Crippen LogP contribution in [-0.2, 0) is 11.2 Å². The maximum Gasteiger partial charge on any atom is 0.0591 e. The number of benzene rings is 1. The summed E-state index contributed by atoms with van der Waals surface area (Å²) in [5.41, 5.74) is 1.41. The normalized spacial score (nSPS) is 16.6. The van der Waals surface area contributed by atoms with Gasteiger partial charge in [0.1, 0.15) is 0 Å². The molecule has 1 aromatic rings. The SMILES string of the molecule is c1ccc(CCCOCCNC2CCCCC2)cc1. The fourth-order valence-electron chi connectivity index (χ4n) is 2.77. The predicted octanol–water partition coefficient (Wildman–Crippen LogP) is 3.56. The van der Waals surface area contributed by atoms with Gasteiger partial charge in [-0.3, -0.25) is 0 Å². The highest BCUT2D eigenvalue weighted by Gasteiger charge is 2.11. The van der Waals surface area contributed by atoms with E-state index < -0.39 is 0 Å². The van der Waals surface area contributed by atoms with E-state index in [1.54, 1.807) is 0 Å². The second-order valence-corrected chi connectivity index (χ2v) is 5.49. The van der Waals surface area contributed by atoms with Gasteiger partial charge >= 0.3 is 0 Å². The summed E-state index contributed by atoms with van der Waals surface area (Å²) >= 11 is 0. The van der Waals surface area contributed by atoms with Gasteiger partial charge in [0.2, 0.25) is 0 Å². The lowest BCUT2D eigenvalue weighted by atomic mass is 9.96. The molecule has 0 aromatic heterocycles. The molecule has 2 rings (SSSR count). The van der Waals surface area contributed by atoms with Gasteiger partial charge in [-0.25, -0.2) is 0 Å². The first-order valence-corrected chi connectivity index (χ1v) is 7.80. The Morgan fingerprint density at radius 1 is 1.00 bits per heavy atom. The van der Waals surface area contributed by atoms with Crippen LogP contribution in [0, 0.1) is 0 Å². The Hall–Kier alpha value is -0.860. The minimum Gasteiger partial charge on any atom is -0.380 e. The fraction of sp³-hybridized carbons (Fsp3) is 0.647. The van der Waals surface area contributed by atoms with E-state index in [0.717, 1.165) is 38.6 Å². The maximum absolute atomic E-state index is 5.68. The molecule has 0 radical (unpaired) electrons. The molecule has 2 nitrogen and oxygen atoms in total. The molecule has 0 spiro atoms. The zero-order valence-electron chi connectivity index (χ0n) is 11.9. The number of nitrogens with one attached hydrogen (secondary N) is 1. The minimum atomic E-state index is 0.752. The zero-order chi connectivity index (χ0) is 13.2. The average Bonchev–Trinajstić information content (AvgIpc) is 2.48. The molecule has 19 heavy (non-hydrogen) atoms. The standard InChI is InChI=1S/C17H27NO/c1-3-8-16(9-4-1)10-7-14-19-15-13-18-17-11-5-2-6-12-17/h1,3-4,8-9,17-18H,2,5-7,10-15H2.